The molecule has 1 aliphatic carbocycles. The Hall–Kier alpha value is -1.36. The average molecular weight is 293 g/mol. The summed E-state index contributed by atoms with van der Waals surface area (Å²) in [5.41, 5.74) is 2.35. The van der Waals surface area contributed by atoms with E-state index in [2.05, 4.69) is 17.3 Å². The maximum absolute atomic E-state index is 12.2. The number of carbonyl (C=O) groups excluding carboxylic acids is 1. The van der Waals surface area contributed by atoms with Crippen LogP contribution in [0.2, 0.25) is 0 Å². The first-order valence-electron chi connectivity index (χ1n) is 7.90. The van der Waals surface area contributed by atoms with Crippen molar-refractivity contribution in [1.29, 1.82) is 0 Å². The highest BCUT2D eigenvalue weighted by Gasteiger charge is 2.22. The fourth-order valence-corrected chi connectivity index (χ4v) is 3.10. The van der Waals surface area contributed by atoms with Gasteiger partial charge < -0.3 is 10.1 Å². The maximum Gasteiger partial charge on any atom is 0.255 e. The van der Waals surface area contributed by atoms with Gasteiger partial charge in [0.2, 0.25) is 0 Å². The van der Waals surface area contributed by atoms with E-state index in [4.69, 9.17) is 4.74 Å². The molecule has 0 bridgehead atoms. The number of amides is 1. The molecule has 1 amide bonds. The van der Waals surface area contributed by atoms with Gasteiger partial charge in [-0.2, -0.15) is 5.10 Å². The van der Waals surface area contributed by atoms with Crippen LogP contribution in [0.25, 0.3) is 0 Å². The van der Waals surface area contributed by atoms with Gasteiger partial charge in [-0.3, -0.25) is 9.48 Å². The Bertz CT molecular complexity index is 496. The third-order valence-corrected chi connectivity index (χ3v) is 4.49. The Kier molecular flexibility index (Phi) is 5.39. The van der Waals surface area contributed by atoms with Crippen LogP contribution in [0.15, 0.2) is 0 Å². The smallest absolute Gasteiger partial charge is 0.255 e. The van der Waals surface area contributed by atoms with Crippen molar-refractivity contribution in [3.8, 4) is 0 Å². The van der Waals surface area contributed by atoms with Crippen LogP contribution in [0.3, 0.4) is 0 Å². The van der Waals surface area contributed by atoms with Gasteiger partial charge >= 0.3 is 0 Å². The highest BCUT2D eigenvalue weighted by molar-refractivity contribution is 5.96. The van der Waals surface area contributed by atoms with Gasteiger partial charge in [0.15, 0.2) is 0 Å². The highest BCUT2D eigenvalue weighted by atomic mass is 16.5. The molecule has 1 saturated carbocycles. The Balaban J connectivity index is 1.77. The summed E-state index contributed by atoms with van der Waals surface area (Å²) >= 11 is 0. The summed E-state index contributed by atoms with van der Waals surface area (Å²) in [5, 5.41) is 7.20. The van der Waals surface area contributed by atoms with Crippen LogP contribution in [0.5, 0.6) is 0 Å². The number of ether oxygens (including phenoxy) is 1. The van der Waals surface area contributed by atoms with E-state index in [1.807, 2.05) is 20.9 Å². The van der Waals surface area contributed by atoms with Crippen molar-refractivity contribution in [2.24, 2.45) is 13.0 Å². The van der Waals surface area contributed by atoms with Gasteiger partial charge in [0.05, 0.1) is 24.0 Å². The molecule has 1 aliphatic rings. The Morgan fingerprint density at radius 1 is 1.38 bits per heavy atom. The summed E-state index contributed by atoms with van der Waals surface area (Å²) < 4.78 is 7.65. The number of rotatable bonds is 5. The van der Waals surface area contributed by atoms with E-state index >= 15 is 0 Å². The predicted octanol–water partition coefficient (Wildman–Crippen LogP) is 2.36. The minimum atomic E-state index is -0.0570. The molecule has 118 valence electrons. The fraction of sp³-hybridized carbons (Fsp3) is 0.750. The lowest BCUT2D eigenvalue weighted by atomic mass is 9.88. The van der Waals surface area contributed by atoms with E-state index in [0.29, 0.717) is 30.7 Å². The molecule has 5 heteroatoms. The number of nitrogens with one attached hydrogen (secondary N) is 1. The number of aromatic nitrogens is 2. The van der Waals surface area contributed by atoms with Gasteiger partial charge in [-0.1, -0.05) is 19.8 Å². The first-order chi connectivity index (χ1) is 10.0. The largest absolute Gasteiger partial charge is 0.376 e. The zero-order valence-electron chi connectivity index (χ0n) is 13.6. The molecule has 0 saturated heterocycles. The first kappa shape index (κ1) is 16.0. The van der Waals surface area contributed by atoms with Crippen molar-refractivity contribution < 1.29 is 9.53 Å². The van der Waals surface area contributed by atoms with Crippen LogP contribution < -0.4 is 5.32 Å². The zero-order valence-corrected chi connectivity index (χ0v) is 13.6. The highest BCUT2D eigenvalue weighted by Crippen LogP contribution is 2.25. The van der Waals surface area contributed by atoms with Crippen LogP contribution >= 0.6 is 0 Å². The molecular weight excluding hydrogens is 266 g/mol. The average Bonchev–Trinajstić information content (AvgIpc) is 2.70. The monoisotopic (exact) mass is 293 g/mol. The molecule has 1 heterocycles. The number of hydrogen-bond donors (Lipinski definition) is 1. The van der Waals surface area contributed by atoms with Crippen molar-refractivity contribution in [1.82, 2.24) is 15.1 Å². The van der Waals surface area contributed by atoms with Gasteiger partial charge in [-0.15, -0.1) is 0 Å². The van der Waals surface area contributed by atoms with E-state index in [-0.39, 0.29) is 5.91 Å². The Morgan fingerprint density at radius 3 is 2.71 bits per heavy atom. The second kappa shape index (κ2) is 7.07. The second-order valence-corrected chi connectivity index (χ2v) is 6.10. The lowest BCUT2D eigenvalue weighted by molar-refractivity contribution is -0.00294. The van der Waals surface area contributed by atoms with E-state index in [0.717, 1.165) is 17.8 Å². The third kappa shape index (κ3) is 3.84. The number of carbonyl (C=O) groups is 1. The van der Waals surface area contributed by atoms with Crippen LogP contribution in [0.4, 0.5) is 0 Å². The molecule has 0 aliphatic heterocycles. The van der Waals surface area contributed by atoms with Gasteiger partial charge in [0.25, 0.3) is 5.91 Å². The van der Waals surface area contributed by atoms with Crippen molar-refractivity contribution in [2.45, 2.75) is 52.6 Å². The van der Waals surface area contributed by atoms with Crippen LogP contribution in [0.1, 0.15) is 54.4 Å². The molecule has 0 aromatic carbocycles. The molecule has 2 unspecified atom stereocenters. The number of nitrogens with zero attached hydrogens (tertiary/aromatic N) is 2. The minimum Gasteiger partial charge on any atom is -0.376 e. The molecule has 2 rings (SSSR count). The van der Waals surface area contributed by atoms with E-state index in [1.54, 1.807) is 4.68 Å². The predicted molar refractivity (Wildman–Crippen MR) is 82.4 cm³/mol. The second-order valence-electron chi connectivity index (χ2n) is 6.10. The summed E-state index contributed by atoms with van der Waals surface area (Å²) in [6.07, 6.45) is 5.34. The zero-order chi connectivity index (χ0) is 15.4. The number of aryl methyl sites for hydroxylation is 2. The Morgan fingerprint density at radius 2 is 2.10 bits per heavy atom. The van der Waals surface area contributed by atoms with E-state index < -0.39 is 0 Å². The molecule has 1 fully saturated rings. The molecular formula is C16H27N3O2. The lowest BCUT2D eigenvalue weighted by Crippen LogP contribution is -2.32. The SMILES string of the molecule is Cc1nn(C)c(C)c1C(=O)NCCOC1CCCCC1C. The molecule has 5 nitrogen and oxygen atoms in total. The summed E-state index contributed by atoms with van der Waals surface area (Å²) in [5.74, 6) is 0.579. The molecule has 1 N–H and O–H groups in total. The first-order valence-corrected chi connectivity index (χ1v) is 7.90. The quantitative estimate of drug-likeness (QED) is 0.848. The van der Waals surface area contributed by atoms with Gasteiger partial charge in [-0.25, -0.2) is 0 Å². The van der Waals surface area contributed by atoms with Crippen molar-refractivity contribution in [3.05, 3.63) is 17.0 Å². The van der Waals surface area contributed by atoms with Crippen LogP contribution in [-0.2, 0) is 11.8 Å². The molecule has 1 aromatic heterocycles. The van der Waals surface area contributed by atoms with Gasteiger partial charge in [0, 0.05) is 19.3 Å². The van der Waals surface area contributed by atoms with Crippen LogP contribution in [0, 0.1) is 19.8 Å². The van der Waals surface area contributed by atoms with Crippen molar-refractivity contribution >= 4 is 5.91 Å². The fourth-order valence-electron chi connectivity index (χ4n) is 3.10. The topological polar surface area (TPSA) is 56.2 Å². The van der Waals surface area contributed by atoms with Crippen molar-refractivity contribution in [3.63, 3.8) is 0 Å². The van der Waals surface area contributed by atoms with Gasteiger partial charge in [0.1, 0.15) is 0 Å². The summed E-state index contributed by atoms with van der Waals surface area (Å²) in [6, 6.07) is 0. The molecule has 2 atom stereocenters. The van der Waals surface area contributed by atoms with Crippen molar-refractivity contribution in [2.75, 3.05) is 13.2 Å². The molecule has 21 heavy (non-hydrogen) atoms. The van der Waals surface area contributed by atoms with E-state index in [1.165, 1.54) is 19.3 Å². The molecule has 0 spiro atoms. The standard InChI is InChI=1S/C16H27N3O2/c1-11-7-5-6-8-14(11)21-10-9-17-16(20)15-12(2)18-19(4)13(15)3/h11,14H,5-10H2,1-4H3,(H,17,20). The number of hydrogen-bond acceptors (Lipinski definition) is 3. The maximum atomic E-state index is 12.2. The van der Waals surface area contributed by atoms with E-state index in [9.17, 15) is 4.79 Å². The van der Waals surface area contributed by atoms with Gasteiger partial charge in [-0.05, 0) is 32.6 Å². The summed E-state index contributed by atoms with van der Waals surface area (Å²) in [6.45, 7) is 7.16. The normalized spacial score (nSPS) is 22.3. The molecule has 1 aromatic rings. The summed E-state index contributed by atoms with van der Waals surface area (Å²) in [7, 11) is 1.85. The summed E-state index contributed by atoms with van der Waals surface area (Å²) in [4.78, 5) is 12.2. The minimum absolute atomic E-state index is 0.0570. The molecule has 0 radical (unpaired) electrons. The lowest BCUT2D eigenvalue weighted by Gasteiger charge is -2.28. The van der Waals surface area contributed by atoms with Crippen LogP contribution in [-0.4, -0.2) is 34.9 Å². The Labute approximate surface area is 127 Å². The third-order valence-electron chi connectivity index (χ3n) is 4.49.